The molecule has 0 aromatic heterocycles. The molecule has 2 saturated heterocycles. The topological polar surface area (TPSA) is 53.3 Å². The highest BCUT2D eigenvalue weighted by molar-refractivity contribution is 5.19. The van der Waals surface area contributed by atoms with Crippen molar-refractivity contribution in [2.45, 2.75) is 31.1 Å². The fourth-order valence-corrected chi connectivity index (χ4v) is 2.78. The zero-order valence-electron chi connectivity index (χ0n) is 9.97. The van der Waals surface area contributed by atoms with E-state index in [1.54, 1.807) is 0 Å². The quantitative estimate of drug-likeness (QED) is 0.698. The summed E-state index contributed by atoms with van der Waals surface area (Å²) in [6.45, 7) is 2.13. The van der Waals surface area contributed by atoms with Crippen molar-refractivity contribution >= 4 is 0 Å². The molecule has 0 bridgehead atoms. The van der Waals surface area contributed by atoms with Crippen LogP contribution in [-0.4, -0.2) is 30.2 Å². The number of hydrogen-bond donors (Lipinski definition) is 3. The van der Waals surface area contributed by atoms with Crippen LogP contribution in [0, 0.1) is 0 Å². The van der Waals surface area contributed by atoms with E-state index in [4.69, 9.17) is 5.73 Å². The molecule has 3 unspecified atom stereocenters. The molecular weight excluding hydrogens is 212 g/mol. The molecule has 4 N–H and O–H groups in total. The second-order valence-corrected chi connectivity index (χ2v) is 5.05. The highest BCUT2D eigenvalue weighted by Gasteiger charge is 2.32. The predicted molar refractivity (Wildman–Crippen MR) is 68.0 cm³/mol. The van der Waals surface area contributed by atoms with Gasteiger partial charge in [-0.05, 0) is 18.4 Å². The average Bonchev–Trinajstić information content (AvgIpc) is 2.98. The van der Waals surface area contributed by atoms with Gasteiger partial charge in [-0.15, -0.1) is 0 Å². The Bertz CT molecular complexity index is 367. The molecule has 0 amide bonds. The van der Waals surface area contributed by atoms with E-state index in [2.05, 4.69) is 46.1 Å². The fraction of sp³-hybridized carbons (Fsp3) is 0.538. The molecule has 2 aliphatic rings. The van der Waals surface area contributed by atoms with Crippen LogP contribution in [0.3, 0.4) is 0 Å². The van der Waals surface area contributed by atoms with Crippen LogP contribution in [0.25, 0.3) is 0 Å². The molecule has 92 valence electrons. The third kappa shape index (κ3) is 2.35. The van der Waals surface area contributed by atoms with Crippen molar-refractivity contribution in [2.75, 3.05) is 13.1 Å². The zero-order chi connectivity index (χ0) is 11.7. The SMILES string of the molecule is NC1CCN(C2CC(c3ccccc3)NN2)C1. The van der Waals surface area contributed by atoms with E-state index < -0.39 is 0 Å². The summed E-state index contributed by atoms with van der Waals surface area (Å²) in [6.07, 6.45) is 2.65. The van der Waals surface area contributed by atoms with Crippen LogP contribution in [0.5, 0.6) is 0 Å². The fourth-order valence-electron chi connectivity index (χ4n) is 2.78. The van der Waals surface area contributed by atoms with E-state index in [1.807, 2.05) is 0 Å². The Labute approximate surface area is 102 Å². The number of hydrazine groups is 1. The molecule has 0 aliphatic carbocycles. The third-order valence-electron chi connectivity index (χ3n) is 3.78. The smallest absolute Gasteiger partial charge is 0.0748 e. The van der Waals surface area contributed by atoms with Crippen LogP contribution in [-0.2, 0) is 0 Å². The molecule has 2 fully saturated rings. The van der Waals surface area contributed by atoms with Crippen molar-refractivity contribution in [3.05, 3.63) is 35.9 Å². The molecule has 2 aliphatic heterocycles. The van der Waals surface area contributed by atoms with E-state index in [-0.39, 0.29) is 0 Å². The van der Waals surface area contributed by atoms with E-state index in [1.165, 1.54) is 5.56 Å². The zero-order valence-corrected chi connectivity index (χ0v) is 9.97. The van der Waals surface area contributed by atoms with Crippen LogP contribution in [0.15, 0.2) is 30.3 Å². The van der Waals surface area contributed by atoms with Crippen LogP contribution >= 0.6 is 0 Å². The Balaban J connectivity index is 1.62. The molecule has 1 aromatic rings. The van der Waals surface area contributed by atoms with E-state index in [0.717, 1.165) is 25.9 Å². The Kier molecular flexibility index (Phi) is 3.11. The highest BCUT2D eigenvalue weighted by atomic mass is 15.5. The number of likely N-dealkylation sites (tertiary alicyclic amines) is 1. The number of nitrogens with zero attached hydrogens (tertiary/aromatic N) is 1. The normalized spacial score (nSPS) is 34.3. The third-order valence-corrected chi connectivity index (χ3v) is 3.78. The molecular formula is C13H20N4. The first-order valence-electron chi connectivity index (χ1n) is 6.38. The minimum atomic E-state index is 0.354. The van der Waals surface area contributed by atoms with Crippen molar-refractivity contribution in [1.29, 1.82) is 0 Å². The summed E-state index contributed by atoms with van der Waals surface area (Å²) in [7, 11) is 0. The summed E-state index contributed by atoms with van der Waals surface area (Å²) < 4.78 is 0. The first kappa shape index (κ1) is 11.2. The Morgan fingerprint density at radius 3 is 2.71 bits per heavy atom. The van der Waals surface area contributed by atoms with Crippen molar-refractivity contribution in [3.63, 3.8) is 0 Å². The van der Waals surface area contributed by atoms with Gasteiger partial charge in [-0.25, -0.2) is 10.9 Å². The van der Waals surface area contributed by atoms with Gasteiger partial charge in [0.1, 0.15) is 0 Å². The van der Waals surface area contributed by atoms with Gasteiger partial charge in [0.05, 0.1) is 6.17 Å². The minimum Gasteiger partial charge on any atom is -0.326 e. The summed E-state index contributed by atoms with van der Waals surface area (Å²) in [5.74, 6) is 0. The van der Waals surface area contributed by atoms with Crippen LogP contribution < -0.4 is 16.6 Å². The van der Waals surface area contributed by atoms with E-state index >= 15 is 0 Å². The molecule has 0 spiro atoms. The van der Waals surface area contributed by atoms with Crippen LogP contribution in [0.1, 0.15) is 24.4 Å². The van der Waals surface area contributed by atoms with Crippen molar-refractivity contribution in [1.82, 2.24) is 15.8 Å². The number of nitrogens with two attached hydrogens (primary N) is 1. The minimum absolute atomic E-state index is 0.354. The van der Waals surface area contributed by atoms with Crippen molar-refractivity contribution in [3.8, 4) is 0 Å². The molecule has 3 rings (SSSR count). The van der Waals surface area contributed by atoms with Gasteiger partial charge >= 0.3 is 0 Å². The first-order chi connectivity index (χ1) is 8.33. The number of benzene rings is 1. The molecule has 3 atom stereocenters. The molecule has 4 heteroatoms. The molecule has 2 heterocycles. The maximum Gasteiger partial charge on any atom is 0.0748 e. The van der Waals surface area contributed by atoms with Gasteiger partial charge < -0.3 is 5.73 Å². The Hall–Kier alpha value is -0.940. The standard InChI is InChI=1S/C13H20N4/c14-11-6-7-17(9-11)13-8-12(15-16-13)10-4-2-1-3-5-10/h1-5,11-13,15-16H,6-9,14H2. The number of nitrogens with one attached hydrogen (secondary N) is 2. The van der Waals surface area contributed by atoms with Crippen molar-refractivity contribution in [2.24, 2.45) is 5.73 Å². The first-order valence-corrected chi connectivity index (χ1v) is 6.38. The lowest BCUT2D eigenvalue weighted by atomic mass is 10.0. The van der Waals surface area contributed by atoms with Crippen molar-refractivity contribution < 1.29 is 0 Å². The van der Waals surface area contributed by atoms with Gasteiger partial charge in [0.25, 0.3) is 0 Å². The maximum atomic E-state index is 5.95. The van der Waals surface area contributed by atoms with Gasteiger partial charge in [-0.2, -0.15) is 0 Å². The summed E-state index contributed by atoms with van der Waals surface area (Å²) in [5.41, 5.74) is 14.1. The average molecular weight is 232 g/mol. The lowest BCUT2D eigenvalue weighted by Crippen LogP contribution is -2.44. The number of rotatable bonds is 2. The van der Waals surface area contributed by atoms with Gasteiger partial charge in [0, 0.05) is 25.2 Å². The molecule has 17 heavy (non-hydrogen) atoms. The van der Waals surface area contributed by atoms with Gasteiger partial charge in [0.2, 0.25) is 0 Å². The summed E-state index contributed by atoms with van der Waals surface area (Å²) in [4.78, 5) is 2.45. The molecule has 0 saturated carbocycles. The lowest BCUT2D eigenvalue weighted by Gasteiger charge is -2.22. The second-order valence-electron chi connectivity index (χ2n) is 5.05. The molecule has 0 radical (unpaired) electrons. The Morgan fingerprint density at radius 2 is 2.00 bits per heavy atom. The largest absolute Gasteiger partial charge is 0.326 e. The van der Waals surface area contributed by atoms with E-state index in [0.29, 0.717) is 18.2 Å². The molecule has 4 nitrogen and oxygen atoms in total. The van der Waals surface area contributed by atoms with Crippen LogP contribution in [0.4, 0.5) is 0 Å². The summed E-state index contributed by atoms with van der Waals surface area (Å²) in [5, 5.41) is 0. The second kappa shape index (κ2) is 4.74. The number of hydrogen-bond acceptors (Lipinski definition) is 4. The van der Waals surface area contributed by atoms with Crippen LogP contribution in [0.2, 0.25) is 0 Å². The molecule has 1 aromatic carbocycles. The summed E-state index contributed by atoms with van der Waals surface area (Å²) >= 11 is 0. The van der Waals surface area contributed by atoms with Gasteiger partial charge in [-0.3, -0.25) is 4.90 Å². The monoisotopic (exact) mass is 232 g/mol. The van der Waals surface area contributed by atoms with Gasteiger partial charge in [0.15, 0.2) is 0 Å². The predicted octanol–water partition coefficient (Wildman–Crippen LogP) is 0.585. The highest BCUT2D eigenvalue weighted by Crippen LogP contribution is 2.25. The Morgan fingerprint density at radius 1 is 1.18 bits per heavy atom. The summed E-state index contributed by atoms with van der Waals surface area (Å²) in [6, 6.07) is 11.4. The lowest BCUT2D eigenvalue weighted by molar-refractivity contribution is 0.215. The maximum absolute atomic E-state index is 5.95. The van der Waals surface area contributed by atoms with E-state index in [9.17, 15) is 0 Å². The van der Waals surface area contributed by atoms with Gasteiger partial charge in [-0.1, -0.05) is 30.3 Å².